The summed E-state index contributed by atoms with van der Waals surface area (Å²) < 4.78 is 27.6. The minimum atomic E-state index is -3.59. The van der Waals surface area contributed by atoms with Crippen molar-refractivity contribution in [3.05, 3.63) is 65.2 Å². The Kier molecular flexibility index (Phi) is 5.04. The third-order valence-corrected chi connectivity index (χ3v) is 5.22. The van der Waals surface area contributed by atoms with Crippen LogP contribution in [0, 0.1) is 13.8 Å². The van der Waals surface area contributed by atoms with Gasteiger partial charge >= 0.3 is 0 Å². The van der Waals surface area contributed by atoms with Crippen LogP contribution in [0.1, 0.15) is 22.7 Å². The predicted octanol–water partition coefficient (Wildman–Crippen LogP) is 3.56. The van der Waals surface area contributed by atoms with E-state index in [1.165, 1.54) is 0 Å². The highest BCUT2D eigenvalue weighted by atomic mass is 35.5. The number of nitrogens with one attached hydrogen (secondary N) is 1. The van der Waals surface area contributed by atoms with Gasteiger partial charge in [0.2, 0.25) is 10.0 Å². The molecule has 0 aliphatic rings. The Balaban J connectivity index is 2.29. The van der Waals surface area contributed by atoms with E-state index in [-0.39, 0.29) is 10.8 Å². The number of alkyl halides is 1. The smallest absolute Gasteiger partial charge is 0.207 e. The number of halogens is 1. The molecule has 0 aliphatic heterocycles. The average Bonchev–Trinajstić information content (AvgIpc) is 2.48. The van der Waals surface area contributed by atoms with Crippen molar-refractivity contribution in [3.8, 4) is 0 Å². The Morgan fingerprint density at radius 1 is 1.05 bits per heavy atom. The summed E-state index contributed by atoms with van der Waals surface area (Å²) in [6.07, 6.45) is 0. The summed E-state index contributed by atoms with van der Waals surface area (Å²) in [7, 11) is -3.59. The fraction of sp³-hybridized carbons (Fsp3) is 0.250. The fourth-order valence-corrected chi connectivity index (χ4v) is 3.67. The molecule has 5 heteroatoms. The maximum atomic E-state index is 12.5. The summed E-state index contributed by atoms with van der Waals surface area (Å²) in [6.45, 7) is 3.84. The molecule has 0 amide bonds. The van der Waals surface area contributed by atoms with Crippen molar-refractivity contribution in [2.45, 2.75) is 24.8 Å². The summed E-state index contributed by atoms with van der Waals surface area (Å²) in [5.74, 6) is 0.175. The van der Waals surface area contributed by atoms with E-state index in [9.17, 15) is 8.42 Å². The maximum absolute atomic E-state index is 12.5. The topological polar surface area (TPSA) is 46.2 Å². The number of hydrogen-bond acceptors (Lipinski definition) is 2. The van der Waals surface area contributed by atoms with Crippen molar-refractivity contribution in [3.63, 3.8) is 0 Å². The quantitative estimate of drug-likeness (QED) is 0.855. The molecule has 1 N–H and O–H groups in total. The molecule has 21 heavy (non-hydrogen) atoms. The summed E-state index contributed by atoms with van der Waals surface area (Å²) in [6, 6.07) is 14.0. The average molecular weight is 324 g/mol. The van der Waals surface area contributed by atoms with Gasteiger partial charge in [-0.15, -0.1) is 11.6 Å². The highest BCUT2D eigenvalue weighted by molar-refractivity contribution is 7.89. The fourth-order valence-electron chi connectivity index (χ4n) is 2.01. The van der Waals surface area contributed by atoms with Gasteiger partial charge in [-0.2, -0.15) is 0 Å². The summed E-state index contributed by atoms with van der Waals surface area (Å²) in [4.78, 5) is 0.261. The van der Waals surface area contributed by atoms with E-state index in [0.717, 1.165) is 16.7 Å². The molecule has 112 valence electrons. The first kappa shape index (κ1) is 16.0. The molecule has 0 fully saturated rings. The van der Waals surface area contributed by atoms with Crippen molar-refractivity contribution < 1.29 is 8.42 Å². The molecule has 0 saturated carbocycles. The highest BCUT2D eigenvalue weighted by Crippen LogP contribution is 2.20. The third kappa shape index (κ3) is 3.84. The van der Waals surface area contributed by atoms with Crippen LogP contribution in [0.25, 0.3) is 0 Å². The molecule has 2 rings (SSSR count). The molecule has 0 saturated heterocycles. The van der Waals surface area contributed by atoms with Crippen LogP contribution >= 0.6 is 11.6 Å². The SMILES string of the molecule is Cc1ccc(S(=O)(=O)NC(CCl)c2ccccc2)cc1C. The normalized spacial score (nSPS) is 13.1. The van der Waals surface area contributed by atoms with Crippen molar-refractivity contribution in [1.82, 2.24) is 4.72 Å². The molecule has 2 aromatic rings. The minimum absolute atomic E-state index is 0.175. The van der Waals surface area contributed by atoms with Crippen molar-refractivity contribution >= 4 is 21.6 Å². The maximum Gasteiger partial charge on any atom is 0.241 e. The van der Waals surface area contributed by atoms with Crippen molar-refractivity contribution in [2.75, 3.05) is 5.88 Å². The number of rotatable bonds is 5. The zero-order valence-electron chi connectivity index (χ0n) is 12.0. The van der Waals surface area contributed by atoms with E-state index in [4.69, 9.17) is 11.6 Å². The molecule has 2 aromatic carbocycles. The molecule has 0 heterocycles. The van der Waals surface area contributed by atoms with Gasteiger partial charge in [-0.25, -0.2) is 13.1 Å². The number of hydrogen-bond donors (Lipinski definition) is 1. The zero-order chi connectivity index (χ0) is 15.5. The summed E-state index contributed by atoms with van der Waals surface area (Å²) in [5.41, 5.74) is 2.85. The van der Waals surface area contributed by atoms with Crippen LogP contribution in [0.2, 0.25) is 0 Å². The van der Waals surface area contributed by atoms with E-state index >= 15 is 0 Å². The first-order chi connectivity index (χ1) is 9.94. The Morgan fingerprint density at radius 2 is 1.71 bits per heavy atom. The molecule has 0 spiro atoms. The van der Waals surface area contributed by atoms with E-state index in [1.54, 1.807) is 12.1 Å². The molecule has 3 nitrogen and oxygen atoms in total. The van der Waals surface area contributed by atoms with Gasteiger partial charge in [0.15, 0.2) is 0 Å². The lowest BCUT2D eigenvalue weighted by atomic mass is 10.1. The number of aryl methyl sites for hydroxylation is 2. The molecule has 1 atom stereocenters. The molecule has 0 bridgehead atoms. The van der Waals surface area contributed by atoms with E-state index in [0.29, 0.717) is 0 Å². The van der Waals surface area contributed by atoms with Crippen LogP contribution in [0.15, 0.2) is 53.4 Å². The van der Waals surface area contributed by atoms with Gasteiger partial charge in [0, 0.05) is 5.88 Å². The molecule has 0 aromatic heterocycles. The van der Waals surface area contributed by atoms with E-state index in [2.05, 4.69) is 4.72 Å². The van der Waals surface area contributed by atoms with E-state index in [1.807, 2.05) is 50.2 Å². The van der Waals surface area contributed by atoms with Crippen LogP contribution in [0.5, 0.6) is 0 Å². The monoisotopic (exact) mass is 323 g/mol. The van der Waals surface area contributed by atoms with Gasteiger partial charge in [-0.05, 0) is 42.7 Å². The molecular formula is C16H18ClNO2S. The molecular weight excluding hydrogens is 306 g/mol. The second-order valence-electron chi connectivity index (χ2n) is 4.98. The molecule has 1 unspecified atom stereocenters. The predicted molar refractivity (Wildman–Crippen MR) is 86.1 cm³/mol. The van der Waals surface area contributed by atoms with Gasteiger partial charge in [-0.3, -0.25) is 0 Å². The van der Waals surface area contributed by atoms with Gasteiger partial charge in [-0.1, -0.05) is 36.4 Å². The number of sulfonamides is 1. The largest absolute Gasteiger partial charge is 0.241 e. The van der Waals surface area contributed by atoms with Crippen LogP contribution < -0.4 is 4.72 Å². The molecule has 0 radical (unpaired) electrons. The van der Waals surface area contributed by atoms with Crippen LogP contribution in [0.3, 0.4) is 0 Å². The Morgan fingerprint density at radius 3 is 2.29 bits per heavy atom. The third-order valence-electron chi connectivity index (χ3n) is 3.44. The lowest BCUT2D eigenvalue weighted by molar-refractivity contribution is 0.567. The van der Waals surface area contributed by atoms with Crippen LogP contribution in [0.4, 0.5) is 0 Å². The highest BCUT2D eigenvalue weighted by Gasteiger charge is 2.21. The van der Waals surface area contributed by atoms with E-state index < -0.39 is 16.1 Å². The Hall–Kier alpha value is -1.36. The lowest BCUT2D eigenvalue weighted by Crippen LogP contribution is -2.29. The van der Waals surface area contributed by atoms with Crippen LogP contribution in [-0.2, 0) is 10.0 Å². The van der Waals surface area contributed by atoms with Gasteiger partial charge < -0.3 is 0 Å². The minimum Gasteiger partial charge on any atom is -0.207 e. The number of benzene rings is 2. The van der Waals surface area contributed by atoms with Gasteiger partial charge in [0.1, 0.15) is 0 Å². The Labute approximate surface area is 131 Å². The standard InChI is InChI=1S/C16H18ClNO2S/c1-12-8-9-15(10-13(12)2)21(19,20)18-16(11-17)14-6-4-3-5-7-14/h3-10,16,18H,11H2,1-2H3. The molecule has 0 aliphatic carbocycles. The van der Waals surface area contributed by atoms with Crippen LogP contribution in [-0.4, -0.2) is 14.3 Å². The Bertz CT molecular complexity index is 714. The van der Waals surface area contributed by atoms with Gasteiger partial charge in [0.05, 0.1) is 10.9 Å². The van der Waals surface area contributed by atoms with Gasteiger partial charge in [0.25, 0.3) is 0 Å². The van der Waals surface area contributed by atoms with Crippen molar-refractivity contribution in [2.24, 2.45) is 0 Å². The first-order valence-corrected chi connectivity index (χ1v) is 8.66. The lowest BCUT2D eigenvalue weighted by Gasteiger charge is -2.17. The zero-order valence-corrected chi connectivity index (χ0v) is 13.6. The summed E-state index contributed by atoms with van der Waals surface area (Å²) >= 11 is 5.93. The van der Waals surface area contributed by atoms with Crippen molar-refractivity contribution in [1.29, 1.82) is 0 Å². The second kappa shape index (κ2) is 6.60. The second-order valence-corrected chi connectivity index (χ2v) is 7.01. The first-order valence-electron chi connectivity index (χ1n) is 6.64. The summed E-state index contributed by atoms with van der Waals surface area (Å²) in [5, 5.41) is 0.